The van der Waals surface area contributed by atoms with Crippen LogP contribution in [0.5, 0.6) is 0 Å². The molecule has 0 bridgehead atoms. The highest BCUT2D eigenvalue weighted by Gasteiger charge is 2.15. The number of halogens is 3. The second-order valence-electron chi connectivity index (χ2n) is 3.04. The van der Waals surface area contributed by atoms with Crippen molar-refractivity contribution in [1.29, 1.82) is 0 Å². The monoisotopic (exact) mass is 522 g/mol. The van der Waals surface area contributed by atoms with Crippen molar-refractivity contribution in [2.75, 3.05) is 13.2 Å². The van der Waals surface area contributed by atoms with Crippen molar-refractivity contribution in [3.05, 3.63) is 0 Å². The lowest BCUT2D eigenvalue weighted by atomic mass is 10.2. The van der Waals surface area contributed by atoms with E-state index in [9.17, 15) is 0 Å². The van der Waals surface area contributed by atoms with Gasteiger partial charge in [0, 0.05) is 19.6 Å². The average Bonchev–Trinajstić information content (AvgIpc) is 2.01. The Hall–Kier alpha value is 2.15. The van der Waals surface area contributed by atoms with Crippen LogP contribution < -0.4 is 0 Å². The second-order valence-corrected chi connectivity index (χ2v) is 14.8. The first-order chi connectivity index (χ1) is 6.06. The quantitative estimate of drug-likeness (QED) is 0.250. The molecule has 1 nitrogen and oxygen atoms in total. The maximum Gasteiger partial charge on any atom is 0.126 e. The van der Waals surface area contributed by atoms with Crippen LogP contribution in [0.3, 0.4) is 0 Å². The van der Waals surface area contributed by atoms with Gasteiger partial charge in [0.25, 0.3) is 0 Å². The summed E-state index contributed by atoms with van der Waals surface area (Å²) in [7, 11) is 0. The lowest BCUT2D eigenvalue weighted by Crippen LogP contribution is -2.06. The van der Waals surface area contributed by atoms with Crippen molar-refractivity contribution in [2.45, 2.75) is 38.5 Å². The van der Waals surface area contributed by atoms with E-state index in [2.05, 4.69) is 74.7 Å². The van der Waals surface area contributed by atoms with Gasteiger partial charge in [0.1, 0.15) is -0.565 Å². The summed E-state index contributed by atoms with van der Waals surface area (Å²) in [6, 6.07) is 0. The van der Waals surface area contributed by atoms with E-state index in [-0.39, 0.29) is 0 Å². The van der Waals surface area contributed by atoms with E-state index in [1.165, 1.54) is 25.7 Å². The van der Waals surface area contributed by atoms with E-state index >= 15 is 0 Å². The predicted octanol–water partition coefficient (Wildman–Crippen LogP) is 4.93. The summed E-state index contributed by atoms with van der Waals surface area (Å²) in [6.45, 7) is 4.08. The van der Waals surface area contributed by atoms with Crippen LogP contribution in [0.15, 0.2) is 0 Å². The minimum absolute atomic E-state index is 0.330. The van der Waals surface area contributed by atoms with Gasteiger partial charge in [0.15, 0.2) is 0 Å². The van der Waals surface area contributed by atoms with Crippen molar-refractivity contribution >= 4 is 67.8 Å². The molecule has 0 spiro atoms. The van der Waals surface area contributed by atoms with Crippen LogP contribution in [0.1, 0.15) is 39.0 Å². The fourth-order valence-corrected chi connectivity index (χ4v) is 1.58. The van der Waals surface area contributed by atoms with Crippen LogP contribution in [0.4, 0.5) is 0 Å². The first-order valence-corrected chi connectivity index (χ1v) is 7.94. The zero-order valence-corrected chi connectivity index (χ0v) is 14.5. The lowest BCUT2D eigenvalue weighted by Gasteiger charge is -2.11. The summed E-state index contributed by atoms with van der Waals surface area (Å²) < 4.78 is 5.87. The van der Waals surface area contributed by atoms with E-state index in [0.29, 0.717) is -0.565 Å². The summed E-state index contributed by atoms with van der Waals surface area (Å²) in [4.78, 5) is 0. The number of hydrogen-bond acceptors (Lipinski definition) is 1. The zero-order chi connectivity index (χ0) is 10.2. The highest BCUT2D eigenvalue weighted by Crippen LogP contribution is 2.38. The van der Waals surface area contributed by atoms with Crippen LogP contribution >= 0.6 is 67.8 Å². The van der Waals surface area contributed by atoms with E-state index in [0.717, 1.165) is 19.6 Å². The lowest BCUT2D eigenvalue weighted by molar-refractivity contribution is 0.130. The molecule has 0 atom stereocenters. The minimum Gasteiger partial charge on any atom is -0.381 e. The van der Waals surface area contributed by atoms with Crippen molar-refractivity contribution < 1.29 is 4.74 Å². The fraction of sp³-hybridized carbons (Fsp3) is 1.00. The Morgan fingerprint density at radius 1 is 1.00 bits per heavy atom. The Kier molecular flexibility index (Phi) is 10.9. The molecule has 13 heavy (non-hydrogen) atoms. The summed E-state index contributed by atoms with van der Waals surface area (Å²) in [5, 5.41) is 0. The Balaban J connectivity index is 3.00. The molecule has 0 aliphatic carbocycles. The molecule has 80 valence electrons. The van der Waals surface area contributed by atoms with Crippen LogP contribution in [0.2, 0.25) is 0 Å². The van der Waals surface area contributed by atoms with Gasteiger partial charge in [-0.25, -0.2) is 0 Å². The van der Waals surface area contributed by atoms with Crippen LogP contribution in [0.25, 0.3) is 0 Å². The summed E-state index contributed by atoms with van der Waals surface area (Å²) >= 11 is 7.33. The molecule has 0 rings (SSSR count). The Bertz CT molecular complexity index is 112. The maximum atomic E-state index is 5.54. The van der Waals surface area contributed by atoms with Gasteiger partial charge in [-0.3, -0.25) is 0 Å². The maximum absolute atomic E-state index is 5.54. The topological polar surface area (TPSA) is 9.23 Å². The molecule has 0 unspecified atom stereocenters. The normalized spacial score (nSPS) is 12.0. The van der Waals surface area contributed by atoms with E-state index in [1.807, 2.05) is 0 Å². The Morgan fingerprint density at radius 2 is 1.69 bits per heavy atom. The number of ether oxygens (including phenoxy) is 1. The Labute approximate surface area is 123 Å². The highest BCUT2D eigenvalue weighted by atomic mass is 127. The molecule has 0 aromatic heterocycles. The standard InChI is InChI=1S/C9H17I3O/c1-2-3-4-5-7-13-8-6-9(10,11)12/h2-8H2,1H3. The van der Waals surface area contributed by atoms with E-state index in [4.69, 9.17) is 4.74 Å². The molecule has 0 aliphatic rings. The zero-order valence-electron chi connectivity index (χ0n) is 7.99. The van der Waals surface area contributed by atoms with Gasteiger partial charge < -0.3 is 4.74 Å². The van der Waals surface area contributed by atoms with E-state index < -0.39 is 0 Å². The molecule has 4 heteroatoms. The van der Waals surface area contributed by atoms with Gasteiger partial charge in [0.05, 0.1) is 0 Å². The minimum atomic E-state index is 0.330. The van der Waals surface area contributed by atoms with Crippen molar-refractivity contribution in [3.63, 3.8) is 0 Å². The third-order valence-electron chi connectivity index (χ3n) is 1.67. The molecule has 0 heterocycles. The third kappa shape index (κ3) is 14.2. The number of alkyl halides is 3. The third-order valence-corrected chi connectivity index (χ3v) is 3.29. The van der Waals surface area contributed by atoms with Gasteiger partial charge in [0.2, 0.25) is 0 Å². The number of unbranched alkanes of at least 4 members (excludes halogenated alkanes) is 3. The first kappa shape index (κ1) is 15.2. The SMILES string of the molecule is CCCCCCOCCC(I)(I)I. The first-order valence-electron chi connectivity index (χ1n) is 4.70. The molecule has 0 saturated heterocycles. The molecule has 0 aromatic carbocycles. The van der Waals surface area contributed by atoms with Crippen LogP contribution in [-0.2, 0) is 4.74 Å². The molecule has 0 radical (unpaired) electrons. The molecular formula is C9H17I3O. The van der Waals surface area contributed by atoms with Gasteiger partial charge >= 0.3 is 0 Å². The predicted molar refractivity (Wildman–Crippen MR) is 84.4 cm³/mol. The molecule has 0 saturated carbocycles. The number of hydrogen-bond donors (Lipinski definition) is 0. The van der Waals surface area contributed by atoms with Crippen LogP contribution in [-0.4, -0.2) is 12.6 Å². The Morgan fingerprint density at radius 3 is 2.23 bits per heavy atom. The van der Waals surface area contributed by atoms with Crippen LogP contribution in [0, 0.1) is 0 Å². The smallest absolute Gasteiger partial charge is 0.126 e. The molecule has 0 N–H and O–H groups in total. The fourth-order valence-electron chi connectivity index (χ4n) is 0.921. The van der Waals surface area contributed by atoms with Gasteiger partial charge in [-0.05, 0) is 6.42 Å². The summed E-state index contributed by atoms with van der Waals surface area (Å²) in [6.07, 6.45) is 6.32. The second kappa shape index (κ2) is 9.38. The van der Waals surface area contributed by atoms with Gasteiger partial charge in [-0.1, -0.05) is 94.0 Å². The summed E-state index contributed by atoms with van der Waals surface area (Å²) in [5.41, 5.74) is 0. The van der Waals surface area contributed by atoms with Crippen molar-refractivity contribution in [3.8, 4) is 0 Å². The average molecular weight is 522 g/mol. The van der Waals surface area contributed by atoms with Crippen molar-refractivity contribution in [1.82, 2.24) is 0 Å². The highest BCUT2D eigenvalue weighted by molar-refractivity contribution is 14.3. The molecule has 0 aliphatic heterocycles. The van der Waals surface area contributed by atoms with Crippen molar-refractivity contribution in [2.24, 2.45) is 0 Å². The molecular weight excluding hydrogens is 505 g/mol. The molecule has 0 amide bonds. The van der Waals surface area contributed by atoms with Gasteiger partial charge in [-0.2, -0.15) is 0 Å². The van der Waals surface area contributed by atoms with Gasteiger partial charge in [-0.15, -0.1) is 0 Å². The molecule has 0 fully saturated rings. The number of rotatable bonds is 8. The van der Waals surface area contributed by atoms with E-state index in [1.54, 1.807) is 0 Å². The summed E-state index contributed by atoms with van der Waals surface area (Å²) in [5.74, 6) is 0. The largest absolute Gasteiger partial charge is 0.381 e. The molecule has 0 aromatic rings.